The van der Waals surface area contributed by atoms with Crippen molar-refractivity contribution in [2.24, 2.45) is 0 Å². The zero-order valence-corrected chi connectivity index (χ0v) is 12.8. The summed E-state index contributed by atoms with van der Waals surface area (Å²) in [6.45, 7) is 0.722. The number of anilines is 3. The van der Waals surface area contributed by atoms with E-state index in [1.165, 1.54) is 37.7 Å². The molecule has 0 unspecified atom stereocenters. The molecule has 0 spiro atoms. The molecule has 22 heavy (non-hydrogen) atoms. The predicted octanol–water partition coefficient (Wildman–Crippen LogP) is 3.42. The molecule has 1 aromatic carbocycles. The Morgan fingerprint density at radius 3 is 2.59 bits per heavy atom. The SMILES string of the molecule is Nc1cc(NCc2ccccc2)nc(NC2CCCCC2)n1. The summed E-state index contributed by atoms with van der Waals surface area (Å²) in [5, 5.41) is 6.73. The van der Waals surface area contributed by atoms with Gasteiger partial charge in [0.25, 0.3) is 0 Å². The minimum Gasteiger partial charge on any atom is -0.383 e. The Labute approximate surface area is 131 Å². The van der Waals surface area contributed by atoms with Crippen molar-refractivity contribution in [2.45, 2.75) is 44.7 Å². The number of nitrogens with zero attached hydrogens (tertiary/aromatic N) is 2. The maximum atomic E-state index is 5.90. The Kier molecular flexibility index (Phi) is 4.73. The Bertz CT molecular complexity index is 593. The van der Waals surface area contributed by atoms with Crippen LogP contribution >= 0.6 is 0 Å². The second-order valence-electron chi connectivity index (χ2n) is 5.82. The van der Waals surface area contributed by atoms with Crippen LogP contribution in [0.1, 0.15) is 37.7 Å². The second kappa shape index (κ2) is 7.11. The van der Waals surface area contributed by atoms with Gasteiger partial charge in [-0.2, -0.15) is 9.97 Å². The van der Waals surface area contributed by atoms with Crippen molar-refractivity contribution in [3.8, 4) is 0 Å². The molecule has 1 aromatic heterocycles. The van der Waals surface area contributed by atoms with Gasteiger partial charge < -0.3 is 16.4 Å². The van der Waals surface area contributed by atoms with Gasteiger partial charge in [-0.25, -0.2) is 0 Å². The van der Waals surface area contributed by atoms with Gasteiger partial charge in [0.05, 0.1) is 0 Å². The standard InChI is InChI=1S/C17H23N5/c18-15-11-16(19-12-13-7-3-1-4-8-13)22-17(21-15)20-14-9-5-2-6-10-14/h1,3-4,7-8,11,14H,2,5-6,9-10,12H2,(H4,18,19,20,21,22). The highest BCUT2D eigenvalue weighted by atomic mass is 15.2. The molecule has 0 atom stereocenters. The monoisotopic (exact) mass is 297 g/mol. The van der Waals surface area contributed by atoms with Gasteiger partial charge in [0.15, 0.2) is 0 Å². The van der Waals surface area contributed by atoms with Crippen LogP contribution in [0.4, 0.5) is 17.6 Å². The molecule has 0 aliphatic heterocycles. The molecule has 1 fully saturated rings. The van der Waals surface area contributed by atoms with E-state index in [1.807, 2.05) is 18.2 Å². The lowest BCUT2D eigenvalue weighted by molar-refractivity contribution is 0.461. The van der Waals surface area contributed by atoms with Crippen molar-refractivity contribution < 1.29 is 0 Å². The molecule has 1 aliphatic rings. The van der Waals surface area contributed by atoms with Crippen LogP contribution in [0.15, 0.2) is 36.4 Å². The lowest BCUT2D eigenvalue weighted by Crippen LogP contribution is -2.23. The van der Waals surface area contributed by atoms with Crippen molar-refractivity contribution in [3.63, 3.8) is 0 Å². The number of rotatable bonds is 5. The number of nitrogen functional groups attached to an aromatic ring is 1. The number of nitrogens with one attached hydrogen (secondary N) is 2. The summed E-state index contributed by atoms with van der Waals surface area (Å²) in [6, 6.07) is 12.5. The average molecular weight is 297 g/mol. The zero-order chi connectivity index (χ0) is 15.2. The molecule has 0 saturated heterocycles. The summed E-state index contributed by atoms with van der Waals surface area (Å²) in [6.07, 6.45) is 6.26. The van der Waals surface area contributed by atoms with E-state index in [2.05, 4.69) is 32.7 Å². The van der Waals surface area contributed by atoms with E-state index in [1.54, 1.807) is 6.07 Å². The van der Waals surface area contributed by atoms with Gasteiger partial charge >= 0.3 is 0 Å². The van der Waals surface area contributed by atoms with Gasteiger partial charge in [0.1, 0.15) is 11.6 Å². The van der Waals surface area contributed by atoms with Gasteiger partial charge in [0, 0.05) is 18.7 Å². The molecule has 0 bridgehead atoms. The average Bonchev–Trinajstić information content (AvgIpc) is 2.54. The summed E-state index contributed by atoms with van der Waals surface area (Å²) >= 11 is 0. The first-order valence-electron chi connectivity index (χ1n) is 7.98. The molecule has 4 N–H and O–H groups in total. The largest absolute Gasteiger partial charge is 0.383 e. The number of aromatic nitrogens is 2. The summed E-state index contributed by atoms with van der Waals surface area (Å²) < 4.78 is 0. The molecule has 3 rings (SSSR count). The van der Waals surface area contributed by atoms with Crippen LogP contribution in [0.5, 0.6) is 0 Å². The number of hydrogen-bond acceptors (Lipinski definition) is 5. The maximum absolute atomic E-state index is 5.90. The number of nitrogens with two attached hydrogens (primary N) is 1. The highest BCUT2D eigenvalue weighted by molar-refractivity contribution is 5.50. The van der Waals surface area contributed by atoms with E-state index < -0.39 is 0 Å². The molecule has 5 heteroatoms. The van der Waals surface area contributed by atoms with E-state index >= 15 is 0 Å². The Morgan fingerprint density at radius 2 is 1.82 bits per heavy atom. The zero-order valence-electron chi connectivity index (χ0n) is 12.8. The normalized spacial score (nSPS) is 15.5. The van der Waals surface area contributed by atoms with E-state index in [4.69, 9.17) is 5.73 Å². The third-order valence-corrected chi connectivity index (χ3v) is 4.00. The molecule has 2 aromatic rings. The number of hydrogen-bond donors (Lipinski definition) is 3. The Balaban J connectivity index is 1.64. The van der Waals surface area contributed by atoms with E-state index in [9.17, 15) is 0 Å². The second-order valence-corrected chi connectivity index (χ2v) is 5.82. The van der Waals surface area contributed by atoms with Gasteiger partial charge in [-0.1, -0.05) is 49.6 Å². The molecule has 1 saturated carbocycles. The van der Waals surface area contributed by atoms with Crippen molar-refractivity contribution in [1.29, 1.82) is 0 Å². The first-order chi connectivity index (χ1) is 10.8. The van der Waals surface area contributed by atoms with Gasteiger partial charge in [-0.15, -0.1) is 0 Å². The minimum atomic E-state index is 0.470. The van der Waals surface area contributed by atoms with Crippen LogP contribution in [0.25, 0.3) is 0 Å². The number of benzene rings is 1. The Hall–Kier alpha value is -2.30. The topological polar surface area (TPSA) is 75.9 Å². The van der Waals surface area contributed by atoms with E-state index in [-0.39, 0.29) is 0 Å². The van der Waals surface area contributed by atoms with Crippen molar-refractivity contribution >= 4 is 17.6 Å². The lowest BCUT2D eigenvalue weighted by atomic mass is 9.96. The highest BCUT2D eigenvalue weighted by Crippen LogP contribution is 2.21. The molecule has 1 aliphatic carbocycles. The first-order valence-corrected chi connectivity index (χ1v) is 7.98. The molecular weight excluding hydrogens is 274 g/mol. The molecule has 0 radical (unpaired) electrons. The molecule has 1 heterocycles. The van der Waals surface area contributed by atoms with Crippen molar-refractivity contribution in [2.75, 3.05) is 16.4 Å². The van der Waals surface area contributed by atoms with Crippen molar-refractivity contribution in [1.82, 2.24) is 9.97 Å². The maximum Gasteiger partial charge on any atom is 0.226 e. The van der Waals surface area contributed by atoms with E-state index in [0.717, 1.165) is 12.4 Å². The fraction of sp³-hybridized carbons (Fsp3) is 0.412. The first kappa shape index (κ1) is 14.6. The predicted molar refractivity (Wildman–Crippen MR) is 90.7 cm³/mol. The summed E-state index contributed by atoms with van der Waals surface area (Å²) in [5.41, 5.74) is 7.11. The Morgan fingerprint density at radius 1 is 1.05 bits per heavy atom. The van der Waals surface area contributed by atoms with Crippen LogP contribution in [-0.4, -0.2) is 16.0 Å². The summed E-state index contributed by atoms with van der Waals surface area (Å²) in [5.74, 6) is 1.88. The fourth-order valence-corrected chi connectivity index (χ4v) is 2.84. The lowest BCUT2D eigenvalue weighted by Gasteiger charge is -2.23. The smallest absolute Gasteiger partial charge is 0.226 e. The van der Waals surface area contributed by atoms with E-state index in [0.29, 0.717) is 17.8 Å². The summed E-state index contributed by atoms with van der Waals surface area (Å²) in [4.78, 5) is 8.83. The minimum absolute atomic E-state index is 0.470. The quantitative estimate of drug-likeness (QED) is 0.788. The highest BCUT2D eigenvalue weighted by Gasteiger charge is 2.14. The fourth-order valence-electron chi connectivity index (χ4n) is 2.84. The summed E-state index contributed by atoms with van der Waals surface area (Å²) in [7, 11) is 0. The molecule has 0 amide bonds. The van der Waals surface area contributed by atoms with Crippen LogP contribution in [0.2, 0.25) is 0 Å². The van der Waals surface area contributed by atoms with Crippen molar-refractivity contribution in [3.05, 3.63) is 42.0 Å². The van der Waals surface area contributed by atoms with Gasteiger partial charge in [0.2, 0.25) is 5.95 Å². The van der Waals surface area contributed by atoms with Crippen LogP contribution in [-0.2, 0) is 6.54 Å². The van der Waals surface area contributed by atoms with Gasteiger partial charge in [-0.05, 0) is 18.4 Å². The molecule has 5 nitrogen and oxygen atoms in total. The third kappa shape index (κ3) is 4.10. The third-order valence-electron chi connectivity index (χ3n) is 4.00. The van der Waals surface area contributed by atoms with Crippen LogP contribution in [0.3, 0.4) is 0 Å². The van der Waals surface area contributed by atoms with Gasteiger partial charge in [-0.3, -0.25) is 0 Å². The molecule has 116 valence electrons. The molecular formula is C17H23N5. The van der Waals surface area contributed by atoms with Crippen LogP contribution < -0.4 is 16.4 Å². The van der Waals surface area contributed by atoms with Crippen LogP contribution in [0, 0.1) is 0 Å².